The third-order valence-corrected chi connectivity index (χ3v) is 3.42. The van der Waals surface area contributed by atoms with E-state index in [-0.39, 0.29) is 0 Å². The molecule has 0 aliphatic carbocycles. The van der Waals surface area contributed by atoms with E-state index < -0.39 is 0 Å². The third kappa shape index (κ3) is 4.09. The van der Waals surface area contributed by atoms with Crippen LogP contribution in [0.5, 0.6) is 5.75 Å². The molecular formula is C13H17N3OS. The fourth-order valence-corrected chi connectivity index (χ4v) is 2.21. The van der Waals surface area contributed by atoms with Crippen LogP contribution in [0, 0.1) is 0 Å². The molecule has 0 saturated heterocycles. The number of thioether (sulfide) groups is 1. The first-order chi connectivity index (χ1) is 8.88. The number of benzene rings is 1. The van der Waals surface area contributed by atoms with Gasteiger partial charge in [-0.3, -0.25) is 0 Å². The van der Waals surface area contributed by atoms with E-state index in [9.17, 15) is 0 Å². The van der Waals surface area contributed by atoms with E-state index in [2.05, 4.69) is 9.97 Å². The van der Waals surface area contributed by atoms with Gasteiger partial charge in [-0.1, -0.05) is 23.9 Å². The van der Waals surface area contributed by atoms with Crippen molar-refractivity contribution in [1.29, 1.82) is 0 Å². The minimum absolute atomic E-state index is 0.570. The summed E-state index contributed by atoms with van der Waals surface area (Å²) in [5.74, 6) is 1.89. The lowest BCUT2D eigenvalue weighted by Gasteiger charge is -2.06. The molecule has 1 aromatic carbocycles. The molecule has 1 aromatic heterocycles. The monoisotopic (exact) mass is 263 g/mol. The van der Waals surface area contributed by atoms with E-state index in [1.54, 1.807) is 18.0 Å². The first-order valence-electron chi connectivity index (χ1n) is 5.92. The van der Waals surface area contributed by atoms with Crippen LogP contribution < -0.4 is 10.5 Å². The summed E-state index contributed by atoms with van der Waals surface area (Å²) in [4.78, 5) is 7.20. The largest absolute Gasteiger partial charge is 0.494 e. The van der Waals surface area contributed by atoms with Gasteiger partial charge < -0.3 is 15.5 Å². The molecule has 18 heavy (non-hydrogen) atoms. The Balaban J connectivity index is 1.62. The molecule has 0 saturated carbocycles. The maximum absolute atomic E-state index is 5.64. The number of imidazole rings is 1. The lowest BCUT2D eigenvalue weighted by atomic mass is 10.2. The highest BCUT2D eigenvalue weighted by Crippen LogP contribution is 2.15. The van der Waals surface area contributed by atoms with Gasteiger partial charge in [-0.25, -0.2) is 4.98 Å². The van der Waals surface area contributed by atoms with Crippen LogP contribution in [0.25, 0.3) is 0 Å². The normalized spacial score (nSPS) is 10.5. The summed E-state index contributed by atoms with van der Waals surface area (Å²) in [5, 5.41) is 0.960. The van der Waals surface area contributed by atoms with Crippen molar-refractivity contribution < 1.29 is 4.74 Å². The summed E-state index contributed by atoms with van der Waals surface area (Å²) in [6, 6.07) is 7.91. The first-order valence-corrected chi connectivity index (χ1v) is 6.91. The van der Waals surface area contributed by atoms with Crippen LogP contribution in [0.1, 0.15) is 12.0 Å². The predicted octanol–water partition coefficient (Wildman–Crippen LogP) is 2.43. The first kappa shape index (κ1) is 13.0. The summed E-state index contributed by atoms with van der Waals surface area (Å²) in [6.07, 6.45) is 4.58. The molecule has 0 aliphatic rings. The Morgan fingerprint density at radius 2 is 2.11 bits per heavy atom. The Kier molecular flexibility index (Phi) is 5.11. The third-order valence-electron chi connectivity index (χ3n) is 2.43. The minimum Gasteiger partial charge on any atom is -0.494 e. The molecule has 0 atom stereocenters. The molecule has 0 fully saturated rings. The number of ether oxygens (including phenoxy) is 1. The van der Waals surface area contributed by atoms with Crippen molar-refractivity contribution in [3.8, 4) is 5.75 Å². The second-order valence-electron chi connectivity index (χ2n) is 3.79. The number of nitrogens with one attached hydrogen (secondary N) is 1. The molecule has 0 aliphatic heterocycles. The Hall–Kier alpha value is -1.46. The maximum atomic E-state index is 5.64. The Morgan fingerprint density at radius 3 is 2.78 bits per heavy atom. The van der Waals surface area contributed by atoms with Crippen LogP contribution in [0.4, 0.5) is 0 Å². The molecule has 2 rings (SSSR count). The van der Waals surface area contributed by atoms with Gasteiger partial charge in [-0.2, -0.15) is 0 Å². The Morgan fingerprint density at radius 1 is 1.28 bits per heavy atom. The average Bonchev–Trinajstić information content (AvgIpc) is 2.92. The van der Waals surface area contributed by atoms with Crippen LogP contribution in [0.2, 0.25) is 0 Å². The maximum Gasteiger partial charge on any atom is 0.165 e. The number of aromatic nitrogens is 2. The molecular weight excluding hydrogens is 246 g/mol. The van der Waals surface area contributed by atoms with Gasteiger partial charge in [-0.05, 0) is 24.1 Å². The standard InChI is InChI=1S/C13H17N3OS/c14-10-11-2-4-12(5-3-11)17-8-1-9-18-13-15-6-7-16-13/h2-7H,1,8-10,14H2,(H,15,16). The molecule has 1 heterocycles. The van der Waals surface area contributed by atoms with Crippen LogP contribution in [0.15, 0.2) is 41.8 Å². The van der Waals surface area contributed by atoms with Gasteiger partial charge in [0.1, 0.15) is 5.75 Å². The Bertz CT molecular complexity index is 442. The number of rotatable bonds is 7. The molecule has 0 spiro atoms. The van der Waals surface area contributed by atoms with Gasteiger partial charge in [0.2, 0.25) is 0 Å². The number of hydrogen-bond donors (Lipinski definition) is 2. The fraction of sp³-hybridized carbons (Fsp3) is 0.308. The average molecular weight is 263 g/mol. The van der Waals surface area contributed by atoms with Crippen LogP contribution >= 0.6 is 11.8 Å². The van der Waals surface area contributed by atoms with E-state index in [1.165, 1.54) is 0 Å². The molecule has 96 valence electrons. The molecule has 5 heteroatoms. The molecule has 0 amide bonds. The quantitative estimate of drug-likeness (QED) is 0.595. The van der Waals surface area contributed by atoms with Crippen molar-refractivity contribution in [2.24, 2.45) is 5.73 Å². The minimum atomic E-state index is 0.570. The summed E-state index contributed by atoms with van der Waals surface area (Å²) in [5.41, 5.74) is 6.65. The van der Waals surface area contributed by atoms with Crippen molar-refractivity contribution >= 4 is 11.8 Å². The molecule has 3 N–H and O–H groups in total. The molecule has 0 radical (unpaired) electrons. The lowest BCUT2D eigenvalue weighted by molar-refractivity contribution is 0.318. The number of nitrogens with zero attached hydrogens (tertiary/aromatic N) is 1. The lowest BCUT2D eigenvalue weighted by Crippen LogP contribution is -2.00. The molecule has 4 nitrogen and oxygen atoms in total. The summed E-state index contributed by atoms with van der Waals surface area (Å²) in [7, 11) is 0. The van der Waals surface area contributed by atoms with Crippen molar-refractivity contribution in [3.05, 3.63) is 42.2 Å². The zero-order chi connectivity index (χ0) is 12.6. The van der Waals surface area contributed by atoms with E-state index >= 15 is 0 Å². The second kappa shape index (κ2) is 7.08. The van der Waals surface area contributed by atoms with Gasteiger partial charge in [0, 0.05) is 24.7 Å². The predicted molar refractivity (Wildman–Crippen MR) is 73.8 cm³/mol. The number of nitrogens with two attached hydrogens (primary N) is 1. The van der Waals surface area contributed by atoms with Crippen molar-refractivity contribution in [1.82, 2.24) is 9.97 Å². The smallest absolute Gasteiger partial charge is 0.165 e. The fourth-order valence-electron chi connectivity index (χ4n) is 1.47. The number of H-pyrrole nitrogens is 1. The highest BCUT2D eigenvalue weighted by atomic mass is 32.2. The second-order valence-corrected chi connectivity index (χ2v) is 4.88. The van der Waals surface area contributed by atoms with Gasteiger partial charge in [0.15, 0.2) is 5.16 Å². The van der Waals surface area contributed by atoms with Gasteiger partial charge in [-0.15, -0.1) is 0 Å². The zero-order valence-corrected chi connectivity index (χ0v) is 11.0. The summed E-state index contributed by atoms with van der Waals surface area (Å²) in [6.45, 7) is 1.29. The summed E-state index contributed by atoms with van der Waals surface area (Å²) < 4.78 is 5.64. The number of aromatic amines is 1. The highest BCUT2D eigenvalue weighted by molar-refractivity contribution is 7.99. The van der Waals surface area contributed by atoms with E-state index in [4.69, 9.17) is 10.5 Å². The molecule has 0 bridgehead atoms. The highest BCUT2D eigenvalue weighted by Gasteiger charge is 1.97. The van der Waals surface area contributed by atoms with Crippen LogP contribution in [0.3, 0.4) is 0 Å². The Labute approximate surface area is 111 Å². The van der Waals surface area contributed by atoms with Gasteiger partial charge >= 0.3 is 0 Å². The SMILES string of the molecule is NCc1ccc(OCCCSc2ncc[nH]2)cc1. The number of hydrogen-bond acceptors (Lipinski definition) is 4. The summed E-state index contributed by atoms with van der Waals surface area (Å²) >= 11 is 1.71. The van der Waals surface area contributed by atoms with Gasteiger partial charge in [0.05, 0.1) is 6.61 Å². The van der Waals surface area contributed by atoms with Crippen LogP contribution in [-0.2, 0) is 6.54 Å². The molecule has 0 unspecified atom stereocenters. The molecule has 2 aromatic rings. The topological polar surface area (TPSA) is 63.9 Å². The van der Waals surface area contributed by atoms with Crippen molar-refractivity contribution in [3.63, 3.8) is 0 Å². The van der Waals surface area contributed by atoms with E-state index in [0.717, 1.165) is 35.2 Å². The van der Waals surface area contributed by atoms with Crippen molar-refractivity contribution in [2.45, 2.75) is 18.1 Å². The van der Waals surface area contributed by atoms with Gasteiger partial charge in [0.25, 0.3) is 0 Å². The van der Waals surface area contributed by atoms with E-state index in [0.29, 0.717) is 6.54 Å². The van der Waals surface area contributed by atoms with Crippen molar-refractivity contribution in [2.75, 3.05) is 12.4 Å². The van der Waals surface area contributed by atoms with Crippen LogP contribution in [-0.4, -0.2) is 22.3 Å². The van der Waals surface area contributed by atoms with E-state index in [1.807, 2.05) is 30.5 Å². The zero-order valence-electron chi connectivity index (χ0n) is 10.1.